The Morgan fingerprint density at radius 2 is 1.58 bits per heavy atom. The number of anilines is 1. The molecule has 1 aliphatic carbocycles. The van der Waals surface area contributed by atoms with Gasteiger partial charge in [0.15, 0.2) is 5.11 Å². The minimum Gasteiger partial charge on any atom is -0.332 e. The highest BCUT2D eigenvalue weighted by Gasteiger charge is 2.22. The molecule has 0 saturated heterocycles. The molecule has 132 valence electrons. The normalized spacial score (nSPS) is 15.6. The molecule has 1 saturated carbocycles. The van der Waals surface area contributed by atoms with Gasteiger partial charge in [0.25, 0.3) is 0 Å². The van der Waals surface area contributed by atoms with Gasteiger partial charge in [0.2, 0.25) is 5.91 Å². The molecule has 0 unspecified atom stereocenters. The molecule has 2 rings (SSSR count). The van der Waals surface area contributed by atoms with Gasteiger partial charge in [-0.2, -0.15) is 0 Å². The summed E-state index contributed by atoms with van der Waals surface area (Å²) in [6.45, 7) is 8.70. The third-order valence-corrected chi connectivity index (χ3v) is 5.03. The lowest BCUT2D eigenvalue weighted by molar-refractivity contribution is -0.124. The van der Waals surface area contributed by atoms with Crippen molar-refractivity contribution in [1.29, 1.82) is 0 Å². The fourth-order valence-electron chi connectivity index (χ4n) is 3.42. The highest BCUT2D eigenvalue weighted by molar-refractivity contribution is 7.80. The molecule has 1 aliphatic rings. The van der Waals surface area contributed by atoms with Crippen molar-refractivity contribution in [2.24, 2.45) is 5.92 Å². The van der Waals surface area contributed by atoms with Crippen LogP contribution in [0.5, 0.6) is 0 Å². The molecule has 1 amide bonds. The van der Waals surface area contributed by atoms with Gasteiger partial charge in [0, 0.05) is 11.6 Å². The lowest BCUT2D eigenvalue weighted by Crippen LogP contribution is -2.39. The molecule has 0 bridgehead atoms. The van der Waals surface area contributed by atoms with E-state index in [2.05, 4.69) is 56.5 Å². The predicted molar refractivity (Wildman–Crippen MR) is 106 cm³/mol. The van der Waals surface area contributed by atoms with Crippen molar-refractivity contribution >= 4 is 28.9 Å². The van der Waals surface area contributed by atoms with Gasteiger partial charge in [-0.25, -0.2) is 0 Å². The molecule has 1 aromatic rings. The average Bonchev–Trinajstić information content (AvgIpc) is 2.55. The number of benzene rings is 1. The average molecular weight is 347 g/mol. The summed E-state index contributed by atoms with van der Waals surface area (Å²) >= 11 is 5.43. The number of hydrogen-bond acceptors (Lipinski definition) is 2. The van der Waals surface area contributed by atoms with E-state index in [-0.39, 0.29) is 11.8 Å². The molecule has 0 spiro atoms. The minimum atomic E-state index is 0.0697. The number of carbonyl (C=O) groups excluding carboxylic acids is 1. The van der Waals surface area contributed by atoms with Crippen molar-refractivity contribution in [2.45, 2.75) is 71.6 Å². The van der Waals surface area contributed by atoms with E-state index in [0.29, 0.717) is 16.9 Å². The quantitative estimate of drug-likeness (QED) is 0.724. The van der Waals surface area contributed by atoms with E-state index in [0.717, 1.165) is 31.4 Å². The first-order valence-corrected chi connectivity index (χ1v) is 9.55. The van der Waals surface area contributed by atoms with E-state index in [1.165, 1.54) is 17.5 Å². The topological polar surface area (TPSA) is 41.1 Å². The van der Waals surface area contributed by atoms with E-state index in [9.17, 15) is 4.79 Å². The maximum atomic E-state index is 12.4. The lowest BCUT2D eigenvalue weighted by Gasteiger charge is -2.23. The van der Waals surface area contributed by atoms with E-state index < -0.39 is 0 Å². The number of thiocarbonyl (C=S) groups is 1. The second kappa shape index (κ2) is 8.61. The molecule has 3 nitrogen and oxygen atoms in total. The van der Waals surface area contributed by atoms with Crippen molar-refractivity contribution in [3.05, 3.63) is 29.3 Å². The highest BCUT2D eigenvalue weighted by atomic mass is 32.1. The second-order valence-electron chi connectivity index (χ2n) is 7.40. The minimum absolute atomic E-state index is 0.0697. The van der Waals surface area contributed by atoms with Gasteiger partial charge in [-0.3, -0.25) is 4.79 Å². The number of nitrogens with one attached hydrogen (secondary N) is 2. The van der Waals surface area contributed by atoms with Crippen LogP contribution in [0.15, 0.2) is 18.2 Å². The molecule has 0 aromatic heterocycles. The summed E-state index contributed by atoms with van der Waals surface area (Å²) in [5, 5.41) is 6.64. The summed E-state index contributed by atoms with van der Waals surface area (Å²) in [6, 6.07) is 6.36. The van der Waals surface area contributed by atoms with Gasteiger partial charge < -0.3 is 10.6 Å². The third kappa shape index (κ3) is 4.79. The Kier molecular flexibility index (Phi) is 6.79. The molecular formula is C20H30N2OS. The monoisotopic (exact) mass is 346 g/mol. The summed E-state index contributed by atoms with van der Waals surface area (Å²) in [7, 11) is 0. The Morgan fingerprint density at radius 1 is 1.04 bits per heavy atom. The van der Waals surface area contributed by atoms with E-state index in [4.69, 9.17) is 12.2 Å². The molecule has 0 radical (unpaired) electrons. The summed E-state index contributed by atoms with van der Waals surface area (Å²) in [5.41, 5.74) is 3.52. The van der Waals surface area contributed by atoms with Crippen molar-refractivity contribution in [1.82, 2.24) is 5.32 Å². The fourth-order valence-corrected chi connectivity index (χ4v) is 3.62. The van der Waals surface area contributed by atoms with Crippen LogP contribution in [-0.4, -0.2) is 11.0 Å². The Balaban J connectivity index is 2.11. The maximum Gasteiger partial charge on any atom is 0.229 e. The molecule has 4 heteroatoms. The Hall–Kier alpha value is -1.42. The fraction of sp³-hybridized carbons (Fsp3) is 0.600. The SMILES string of the molecule is CC(C)c1cccc(C(C)C)c1NC(=S)NC(=O)C1CCCCC1. The summed E-state index contributed by atoms with van der Waals surface area (Å²) in [4.78, 5) is 12.4. The maximum absolute atomic E-state index is 12.4. The summed E-state index contributed by atoms with van der Waals surface area (Å²) in [5.74, 6) is 0.967. The number of para-hydroxylation sites is 1. The van der Waals surface area contributed by atoms with Crippen LogP contribution in [-0.2, 0) is 4.79 Å². The number of rotatable bonds is 4. The van der Waals surface area contributed by atoms with E-state index in [1.54, 1.807) is 0 Å². The van der Waals surface area contributed by atoms with E-state index >= 15 is 0 Å². The molecule has 0 heterocycles. The predicted octanol–water partition coefficient (Wildman–Crippen LogP) is 5.33. The standard InChI is InChI=1S/C20H30N2OS/c1-13(2)16-11-8-12-17(14(3)4)18(16)21-20(24)22-19(23)15-9-6-5-7-10-15/h8,11-15H,5-7,9-10H2,1-4H3,(H2,21,22,23,24). The zero-order chi connectivity index (χ0) is 17.7. The first-order chi connectivity index (χ1) is 11.4. The smallest absolute Gasteiger partial charge is 0.229 e. The van der Waals surface area contributed by atoms with Crippen LogP contribution in [0.3, 0.4) is 0 Å². The number of amides is 1. The Bertz CT molecular complexity index is 563. The molecule has 0 atom stereocenters. The van der Waals surface area contributed by atoms with Crippen molar-refractivity contribution in [2.75, 3.05) is 5.32 Å². The molecular weight excluding hydrogens is 316 g/mol. The lowest BCUT2D eigenvalue weighted by atomic mass is 9.89. The third-order valence-electron chi connectivity index (χ3n) is 4.82. The van der Waals surface area contributed by atoms with Gasteiger partial charge in [-0.05, 0) is 48.0 Å². The van der Waals surface area contributed by atoms with Crippen LogP contribution in [0.25, 0.3) is 0 Å². The van der Waals surface area contributed by atoms with Crippen molar-refractivity contribution in [3.63, 3.8) is 0 Å². The molecule has 24 heavy (non-hydrogen) atoms. The van der Waals surface area contributed by atoms with Gasteiger partial charge in [0.1, 0.15) is 0 Å². The molecule has 1 aromatic carbocycles. The first-order valence-electron chi connectivity index (χ1n) is 9.14. The first kappa shape index (κ1) is 18.9. The molecule has 1 fully saturated rings. The van der Waals surface area contributed by atoms with Gasteiger partial charge in [-0.15, -0.1) is 0 Å². The summed E-state index contributed by atoms with van der Waals surface area (Å²) in [6.07, 6.45) is 5.49. The largest absolute Gasteiger partial charge is 0.332 e. The van der Waals surface area contributed by atoms with Gasteiger partial charge in [0.05, 0.1) is 0 Å². The van der Waals surface area contributed by atoms with Crippen molar-refractivity contribution < 1.29 is 4.79 Å². The second-order valence-corrected chi connectivity index (χ2v) is 7.81. The number of hydrogen-bond donors (Lipinski definition) is 2. The van der Waals surface area contributed by atoms with Gasteiger partial charge >= 0.3 is 0 Å². The number of carbonyl (C=O) groups is 1. The van der Waals surface area contributed by atoms with E-state index in [1.807, 2.05) is 0 Å². The van der Waals surface area contributed by atoms with Gasteiger partial charge in [-0.1, -0.05) is 65.2 Å². The van der Waals surface area contributed by atoms with Crippen LogP contribution in [0.4, 0.5) is 5.69 Å². The Labute approximate surface area is 151 Å². The van der Waals surface area contributed by atoms with Crippen LogP contribution in [0.2, 0.25) is 0 Å². The zero-order valence-corrected chi connectivity index (χ0v) is 16.1. The molecule has 0 aliphatic heterocycles. The summed E-state index contributed by atoms with van der Waals surface area (Å²) < 4.78 is 0. The van der Waals surface area contributed by atoms with Crippen LogP contribution in [0.1, 0.15) is 82.8 Å². The van der Waals surface area contributed by atoms with Crippen molar-refractivity contribution in [3.8, 4) is 0 Å². The van der Waals surface area contributed by atoms with Crippen LogP contribution >= 0.6 is 12.2 Å². The van der Waals surface area contributed by atoms with Crippen LogP contribution < -0.4 is 10.6 Å². The highest BCUT2D eigenvalue weighted by Crippen LogP contribution is 2.32. The molecule has 2 N–H and O–H groups in total. The zero-order valence-electron chi connectivity index (χ0n) is 15.3. The van der Waals surface area contributed by atoms with Crippen LogP contribution in [0, 0.1) is 5.92 Å². The Morgan fingerprint density at radius 3 is 2.08 bits per heavy atom.